The lowest BCUT2D eigenvalue weighted by atomic mass is 10.1. The average Bonchev–Trinajstić information content (AvgIpc) is 3.16. The molecule has 2 aromatic rings. The van der Waals surface area contributed by atoms with Gasteiger partial charge in [0.15, 0.2) is 0 Å². The molecule has 1 aliphatic rings. The van der Waals surface area contributed by atoms with Gasteiger partial charge in [-0.25, -0.2) is 4.98 Å². The molecule has 0 unspecified atom stereocenters. The maximum absolute atomic E-state index is 12.4. The Bertz CT molecular complexity index is 738. The van der Waals surface area contributed by atoms with Crippen molar-refractivity contribution >= 4 is 17.5 Å². The molecule has 1 aromatic carbocycles. The van der Waals surface area contributed by atoms with E-state index < -0.39 is 0 Å². The second kappa shape index (κ2) is 6.24. The number of rotatable bonds is 3. The van der Waals surface area contributed by atoms with Gasteiger partial charge in [-0.3, -0.25) is 9.59 Å². The molecule has 3 rings (SSSR count). The van der Waals surface area contributed by atoms with Gasteiger partial charge in [0.25, 0.3) is 0 Å². The molecule has 1 saturated heterocycles. The summed E-state index contributed by atoms with van der Waals surface area (Å²) in [5.41, 5.74) is 1.46. The van der Waals surface area contributed by atoms with Gasteiger partial charge in [0, 0.05) is 24.7 Å². The topological polar surface area (TPSA) is 75.4 Å². The number of carbonyl (C=O) groups excluding carboxylic acids is 2. The van der Waals surface area contributed by atoms with Crippen molar-refractivity contribution in [1.82, 2.24) is 9.88 Å². The van der Waals surface area contributed by atoms with E-state index in [9.17, 15) is 9.59 Å². The molecule has 1 N–H and O–H groups in total. The molecule has 1 aromatic heterocycles. The quantitative estimate of drug-likeness (QED) is 0.945. The number of carbonyl (C=O) groups is 2. The second-order valence-electron chi connectivity index (χ2n) is 5.72. The highest BCUT2D eigenvalue weighted by atomic mass is 16.4. The average molecular weight is 313 g/mol. The van der Waals surface area contributed by atoms with Gasteiger partial charge in [0.05, 0.1) is 6.20 Å². The van der Waals surface area contributed by atoms with Crippen LogP contribution in [0, 0.1) is 6.92 Å². The minimum atomic E-state index is -0.389. The molecule has 2 heterocycles. The Labute approximate surface area is 134 Å². The summed E-state index contributed by atoms with van der Waals surface area (Å²) in [6, 6.07) is 6.95. The highest BCUT2D eigenvalue weighted by molar-refractivity contribution is 5.97. The number of amides is 2. The normalized spacial score (nSPS) is 17.3. The molecule has 0 bridgehead atoms. The van der Waals surface area contributed by atoms with Gasteiger partial charge < -0.3 is 14.6 Å². The summed E-state index contributed by atoms with van der Waals surface area (Å²) >= 11 is 0. The summed E-state index contributed by atoms with van der Waals surface area (Å²) in [4.78, 5) is 29.8. The van der Waals surface area contributed by atoms with E-state index in [-0.39, 0.29) is 17.9 Å². The predicted octanol–water partition coefficient (Wildman–Crippen LogP) is 2.60. The van der Waals surface area contributed by atoms with Crippen LogP contribution < -0.4 is 5.32 Å². The zero-order chi connectivity index (χ0) is 16.4. The van der Waals surface area contributed by atoms with Gasteiger partial charge in [-0.2, -0.15) is 0 Å². The Morgan fingerprint density at radius 3 is 2.91 bits per heavy atom. The number of likely N-dealkylation sites (tertiary alicyclic amines) is 1. The van der Waals surface area contributed by atoms with Crippen LogP contribution in [0.2, 0.25) is 0 Å². The van der Waals surface area contributed by atoms with Crippen LogP contribution in [0.1, 0.15) is 25.5 Å². The van der Waals surface area contributed by atoms with Crippen LogP contribution >= 0.6 is 0 Å². The molecule has 2 amide bonds. The molecule has 1 aliphatic heterocycles. The van der Waals surface area contributed by atoms with Gasteiger partial charge in [0.2, 0.25) is 17.7 Å². The molecule has 1 atom stereocenters. The van der Waals surface area contributed by atoms with Crippen LogP contribution in [0.25, 0.3) is 11.5 Å². The van der Waals surface area contributed by atoms with Crippen molar-refractivity contribution < 1.29 is 14.0 Å². The van der Waals surface area contributed by atoms with Gasteiger partial charge in [0.1, 0.15) is 11.8 Å². The van der Waals surface area contributed by atoms with Crippen LogP contribution in [0.4, 0.5) is 5.69 Å². The molecule has 6 heteroatoms. The molecule has 120 valence electrons. The van der Waals surface area contributed by atoms with E-state index in [0.717, 1.165) is 17.7 Å². The lowest BCUT2D eigenvalue weighted by Gasteiger charge is -2.22. The number of hydrogen-bond acceptors (Lipinski definition) is 4. The third-order valence-electron chi connectivity index (χ3n) is 3.96. The van der Waals surface area contributed by atoms with E-state index in [1.165, 1.54) is 6.92 Å². The van der Waals surface area contributed by atoms with Gasteiger partial charge in [-0.05, 0) is 38.0 Å². The Balaban J connectivity index is 1.75. The summed E-state index contributed by atoms with van der Waals surface area (Å²) in [5, 5.41) is 2.88. The SMILES string of the molecule is CC(=O)N1CCC[C@@H]1C(=O)Nc1cccc(-c2ncc(C)o2)c1. The van der Waals surface area contributed by atoms with E-state index in [0.29, 0.717) is 24.5 Å². The molecule has 1 fully saturated rings. The molecular weight excluding hydrogens is 294 g/mol. The van der Waals surface area contributed by atoms with Crippen LogP contribution in [-0.2, 0) is 9.59 Å². The van der Waals surface area contributed by atoms with Gasteiger partial charge in [-0.15, -0.1) is 0 Å². The van der Waals surface area contributed by atoms with Crippen molar-refractivity contribution in [2.75, 3.05) is 11.9 Å². The smallest absolute Gasteiger partial charge is 0.247 e. The number of aromatic nitrogens is 1. The Hall–Kier alpha value is -2.63. The van der Waals surface area contributed by atoms with E-state index in [4.69, 9.17) is 4.42 Å². The Kier molecular flexibility index (Phi) is 4.14. The van der Waals surface area contributed by atoms with Crippen molar-refractivity contribution in [2.45, 2.75) is 32.7 Å². The lowest BCUT2D eigenvalue weighted by molar-refractivity contribution is -0.134. The van der Waals surface area contributed by atoms with Gasteiger partial charge >= 0.3 is 0 Å². The van der Waals surface area contributed by atoms with Crippen molar-refractivity contribution in [1.29, 1.82) is 0 Å². The maximum atomic E-state index is 12.4. The first-order valence-corrected chi connectivity index (χ1v) is 7.65. The van der Waals surface area contributed by atoms with E-state index in [1.54, 1.807) is 11.1 Å². The third kappa shape index (κ3) is 3.26. The molecule has 0 radical (unpaired) electrons. The molecular formula is C17H19N3O3. The standard InChI is InChI=1S/C17H19N3O3/c1-11-10-18-17(23-11)13-5-3-6-14(9-13)19-16(22)15-7-4-8-20(15)12(2)21/h3,5-6,9-10,15H,4,7-8H2,1-2H3,(H,19,22)/t15-/m1/s1. The van der Waals surface area contributed by atoms with Gasteiger partial charge in [-0.1, -0.05) is 6.07 Å². The fourth-order valence-corrected chi connectivity index (χ4v) is 2.86. The molecule has 0 saturated carbocycles. The van der Waals surface area contributed by atoms with E-state index in [1.807, 2.05) is 31.2 Å². The highest BCUT2D eigenvalue weighted by Gasteiger charge is 2.32. The maximum Gasteiger partial charge on any atom is 0.247 e. The third-order valence-corrected chi connectivity index (χ3v) is 3.96. The fourth-order valence-electron chi connectivity index (χ4n) is 2.86. The van der Waals surface area contributed by atoms with Crippen LogP contribution in [0.15, 0.2) is 34.9 Å². The summed E-state index contributed by atoms with van der Waals surface area (Å²) in [5.74, 6) is 1.03. The number of nitrogens with one attached hydrogen (secondary N) is 1. The number of aryl methyl sites for hydroxylation is 1. The predicted molar refractivity (Wildman–Crippen MR) is 85.7 cm³/mol. The molecule has 6 nitrogen and oxygen atoms in total. The van der Waals surface area contributed by atoms with Crippen molar-refractivity contribution in [3.05, 3.63) is 36.2 Å². The summed E-state index contributed by atoms with van der Waals surface area (Å²) < 4.78 is 5.50. The number of benzene rings is 1. The lowest BCUT2D eigenvalue weighted by Crippen LogP contribution is -2.42. The number of nitrogens with zero attached hydrogens (tertiary/aromatic N) is 2. The first-order chi connectivity index (χ1) is 11.0. The largest absolute Gasteiger partial charge is 0.441 e. The number of oxazole rings is 1. The van der Waals surface area contributed by atoms with E-state index >= 15 is 0 Å². The zero-order valence-corrected chi connectivity index (χ0v) is 13.2. The summed E-state index contributed by atoms with van der Waals surface area (Å²) in [7, 11) is 0. The minimum absolute atomic E-state index is 0.0633. The second-order valence-corrected chi connectivity index (χ2v) is 5.72. The number of anilines is 1. The highest BCUT2D eigenvalue weighted by Crippen LogP contribution is 2.24. The Morgan fingerprint density at radius 1 is 1.39 bits per heavy atom. The first kappa shape index (κ1) is 15.3. The molecule has 0 aliphatic carbocycles. The van der Waals surface area contributed by atoms with E-state index in [2.05, 4.69) is 10.3 Å². The van der Waals surface area contributed by atoms with Crippen molar-refractivity contribution in [2.24, 2.45) is 0 Å². The van der Waals surface area contributed by atoms with Crippen LogP contribution in [0.5, 0.6) is 0 Å². The number of hydrogen-bond donors (Lipinski definition) is 1. The van der Waals surface area contributed by atoms with Crippen molar-refractivity contribution in [3.8, 4) is 11.5 Å². The Morgan fingerprint density at radius 2 is 2.22 bits per heavy atom. The summed E-state index contributed by atoms with van der Waals surface area (Å²) in [6.07, 6.45) is 3.21. The van der Waals surface area contributed by atoms with Crippen LogP contribution in [-0.4, -0.2) is 34.3 Å². The first-order valence-electron chi connectivity index (χ1n) is 7.65. The summed E-state index contributed by atoms with van der Waals surface area (Å²) in [6.45, 7) is 3.97. The van der Waals surface area contributed by atoms with Crippen LogP contribution in [0.3, 0.4) is 0 Å². The monoisotopic (exact) mass is 313 g/mol. The van der Waals surface area contributed by atoms with Crippen molar-refractivity contribution in [3.63, 3.8) is 0 Å². The molecule has 0 spiro atoms. The fraction of sp³-hybridized carbons (Fsp3) is 0.353. The zero-order valence-electron chi connectivity index (χ0n) is 13.2. The minimum Gasteiger partial charge on any atom is -0.441 e. The molecule has 23 heavy (non-hydrogen) atoms.